The Bertz CT molecular complexity index is 1120. The number of anilines is 1. The van der Waals surface area contributed by atoms with Gasteiger partial charge in [0.2, 0.25) is 0 Å². The zero-order valence-electron chi connectivity index (χ0n) is 15.1. The second-order valence-electron chi connectivity index (χ2n) is 6.42. The number of barbiturate groups is 1. The maximum atomic E-state index is 13.2. The molecule has 0 spiro atoms. The smallest absolute Gasteiger partial charge is 0.273 e. The topological polar surface area (TPSA) is 66.5 Å². The molecule has 0 bridgehead atoms. The fraction of sp³-hybridized carbons (Fsp3) is 0. The highest BCUT2D eigenvalue weighted by Crippen LogP contribution is 2.24. The highest BCUT2D eigenvalue weighted by molar-refractivity contribution is 6.39. The van der Waals surface area contributed by atoms with Crippen molar-refractivity contribution < 1.29 is 18.8 Å². The molecule has 0 aromatic heterocycles. The van der Waals surface area contributed by atoms with E-state index in [9.17, 15) is 18.8 Å². The number of hydrogen-bond donors (Lipinski definition) is 1. The Hall–Kier alpha value is -4.06. The van der Waals surface area contributed by atoms with E-state index in [1.807, 2.05) is 42.5 Å². The predicted octanol–water partition coefficient (Wildman–Crippen LogP) is 4.16. The summed E-state index contributed by atoms with van der Waals surface area (Å²) in [4.78, 5) is 38.0. The van der Waals surface area contributed by atoms with Crippen LogP contribution in [-0.2, 0) is 9.59 Å². The van der Waals surface area contributed by atoms with Crippen LogP contribution in [0.25, 0.3) is 17.2 Å². The number of halogens is 1. The molecule has 0 saturated carbocycles. The lowest BCUT2D eigenvalue weighted by Crippen LogP contribution is -2.54. The number of benzene rings is 3. The van der Waals surface area contributed by atoms with Crippen molar-refractivity contribution in [3.63, 3.8) is 0 Å². The summed E-state index contributed by atoms with van der Waals surface area (Å²) in [5.41, 5.74) is 2.67. The van der Waals surface area contributed by atoms with Crippen molar-refractivity contribution in [2.45, 2.75) is 0 Å². The third-order valence-corrected chi connectivity index (χ3v) is 4.52. The second kappa shape index (κ2) is 7.52. The molecule has 1 aliphatic heterocycles. The summed E-state index contributed by atoms with van der Waals surface area (Å²) in [6.07, 6.45) is 1.43. The first-order valence-corrected chi connectivity index (χ1v) is 8.85. The summed E-state index contributed by atoms with van der Waals surface area (Å²) in [5.74, 6) is -2.04. The lowest BCUT2D eigenvalue weighted by atomic mass is 10.0. The van der Waals surface area contributed by atoms with Crippen LogP contribution in [0.15, 0.2) is 84.4 Å². The van der Waals surface area contributed by atoms with Gasteiger partial charge in [-0.15, -0.1) is 0 Å². The Labute approximate surface area is 166 Å². The molecule has 5 nitrogen and oxygen atoms in total. The zero-order chi connectivity index (χ0) is 20.4. The van der Waals surface area contributed by atoms with Crippen LogP contribution in [0.3, 0.4) is 0 Å². The molecule has 4 rings (SSSR count). The van der Waals surface area contributed by atoms with Crippen molar-refractivity contribution in [1.29, 1.82) is 0 Å². The van der Waals surface area contributed by atoms with Crippen LogP contribution in [0, 0.1) is 5.82 Å². The Morgan fingerprint density at radius 3 is 2.03 bits per heavy atom. The number of nitrogens with zero attached hydrogens (tertiary/aromatic N) is 1. The molecule has 3 aromatic rings. The van der Waals surface area contributed by atoms with E-state index in [-0.39, 0.29) is 11.3 Å². The number of hydrogen-bond acceptors (Lipinski definition) is 3. The number of nitrogens with one attached hydrogen (secondary N) is 1. The minimum atomic E-state index is -0.872. The molecule has 3 aromatic carbocycles. The summed E-state index contributed by atoms with van der Waals surface area (Å²) in [6.45, 7) is 0. The van der Waals surface area contributed by atoms with Crippen LogP contribution in [0.5, 0.6) is 0 Å². The third kappa shape index (κ3) is 3.68. The van der Waals surface area contributed by atoms with Crippen LogP contribution >= 0.6 is 0 Å². The first-order valence-electron chi connectivity index (χ1n) is 8.85. The largest absolute Gasteiger partial charge is 0.335 e. The molecule has 29 heavy (non-hydrogen) atoms. The average Bonchev–Trinajstić information content (AvgIpc) is 2.73. The molecule has 4 amide bonds. The standard InChI is InChI=1S/C23H15FN2O3/c24-18-10-12-19(13-11-18)26-22(28)20(21(27)25-23(26)29)14-15-6-8-17(9-7-15)16-4-2-1-3-5-16/h1-14H,(H,25,27,29)/b20-14+. The summed E-state index contributed by atoms with van der Waals surface area (Å²) >= 11 is 0. The highest BCUT2D eigenvalue weighted by atomic mass is 19.1. The van der Waals surface area contributed by atoms with Gasteiger partial charge in [0.25, 0.3) is 11.8 Å². The van der Waals surface area contributed by atoms with E-state index in [0.717, 1.165) is 28.2 Å². The van der Waals surface area contributed by atoms with Crippen LogP contribution in [0.4, 0.5) is 14.9 Å². The van der Waals surface area contributed by atoms with Crippen LogP contribution < -0.4 is 10.2 Å². The van der Waals surface area contributed by atoms with Crippen molar-refractivity contribution >= 4 is 29.6 Å². The normalized spacial score (nSPS) is 15.6. The average molecular weight is 386 g/mol. The van der Waals surface area contributed by atoms with Crippen molar-refractivity contribution in [3.05, 3.63) is 95.8 Å². The Morgan fingerprint density at radius 1 is 0.759 bits per heavy atom. The number of carbonyl (C=O) groups excluding carboxylic acids is 3. The molecule has 6 heteroatoms. The summed E-state index contributed by atoms with van der Waals surface area (Å²) < 4.78 is 13.2. The summed E-state index contributed by atoms with van der Waals surface area (Å²) in [7, 11) is 0. The lowest BCUT2D eigenvalue weighted by Gasteiger charge is -2.26. The van der Waals surface area contributed by atoms with Gasteiger partial charge in [-0.05, 0) is 47.0 Å². The molecule has 1 saturated heterocycles. The molecule has 1 fully saturated rings. The minimum Gasteiger partial charge on any atom is -0.273 e. The third-order valence-electron chi connectivity index (χ3n) is 4.52. The summed E-state index contributed by atoms with van der Waals surface area (Å²) in [6, 6.07) is 21.1. The van der Waals surface area contributed by atoms with Gasteiger partial charge in [-0.2, -0.15) is 0 Å². The number of rotatable bonds is 3. The van der Waals surface area contributed by atoms with Gasteiger partial charge in [-0.25, -0.2) is 14.1 Å². The van der Waals surface area contributed by atoms with Gasteiger partial charge in [-0.1, -0.05) is 54.6 Å². The van der Waals surface area contributed by atoms with E-state index in [1.54, 1.807) is 12.1 Å². The van der Waals surface area contributed by atoms with Gasteiger partial charge < -0.3 is 0 Å². The zero-order valence-corrected chi connectivity index (χ0v) is 15.1. The van der Waals surface area contributed by atoms with Crippen molar-refractivity contribution in [2.75, 3.05) is 4.90 Å². The van der Waals surface area contributed by atoms with E-state index in [0.29, 0.717) is 5.56 Å². The molecule has 0 radical (unpaired) electrons. The van der Waals surface area contributed by atoms with Crippen LogP contribution in [0.2, 0.25) is 0 Å². The van der Waals surface area contributed by atoms with Crippen LogP contribution in [-0.4, -0.2) is 17.8 Å². The predicted molar refractivity (Wildman–Crippen MR) is 107 cm³/mol. The molecule has 0 atom stereocenters. The summed E-state index contributed by atoms with van der Waals surface area (Å²) in [5, 5.41) is 2.15. The number of imide groups is 2. The quantitative estimate of drug-likeness (QED) is 0.543. The maximum absolute atomic E-state index is 13.2. The Morgan fingerprint density at radius 2 is 1.38 bits per heavy atom. The molecule has 0 unspecified atom stereocenters. The first kappa shape index (κ1) is 18.3. The van der Waals surface area contributed by atoms with E-state index in [1.165, 1.54) is 18.2 Å². The van der Waals surface area contributed by atoms with E-state index in [4.69, 9.17) is 0 Å². The van der Waals surface area contributed by atoms with Crippen molar-refractivity contribution in [3.8, 4) is 11.1 Å². The Kier molecular flexibility index (Phi) is 4.75. The molecule has 0 aliphatic carbocycles. The maximum Gasteiger partial charge on any atom is 0.335 e. The van der Waals surface area contributed by atoms with Gasteiger partial charge in [-0.3, -0.25) is 14.9 Å². The fourth-order valence-electron chi connectivity index (χ4n) is 3.05. The monoisotopic (exact) mass is 386 g/mol. The molecule has 142 valence electrons. The van der Waals surface area contributed by atoms with Gasteiger partial charge in [0.15, 0.2) is 0 Å². The van der Waals surface area contributed by atoms with Gasteiger partial charge in [0.05, 0.1) is 5.69 Å². The Balaban J connectivity index is 1.65. The van der Waals surface area contributed by atoms with Gasteiger partial charge in [0, 0.05) is 0 Å². The number of amides is 4. The van der Waals surface area contributed by atoms with Crippen molar-refractivity contribution in [1.82, 2.24) is 5.32 Å². The van der Waals surface area contributed by atoms with Gasteiger partial charge >= 0.3 is 6.03 Å². The minimum absolute atomic E-state index is 0.173. The second-order valence-corrected chi connectivity index (χ2v) is 6.42. The van der Waals surface area contributed by atoms with E-state index < -0.39 is 23.7 Å². The molecular weight excluding hydrogens is 371 g/mol. The first-order chi connectivity index (χ1) is 14.0. The number of urea groups is 1. The molecule has 1 N–H and O–H groups in total. The van der Waals surface area contributed by atoms with Gasteiger partial charge in [0.1, 0.15) is 11.4 Å². The van der Waals surface area contributed by atoms with E-state index >= 15 is 0 Å². The fourth-order valence-corrected chi connectivity index (χ4v) is 3.05. The lowest BCUT2D eigenvalue weighted by molar-refractivity contribution is -0.122. The molecule has 1 aliphatic rings. The highest BCUT2D eigenvalue weighted by Gasteiger charge is 2.36. The molecular formula is C23H15FN2O3. The van der Waals surface area contributed by atoms with E-state index in [2.05, 4.69) is 5.32 Å². The van der Waals surface area contributed by atoms with Crippen LogP contribution in [0.1, 0.15) is 5.56 Å². The number of carbonyl (C=O) groups is 3. The molecule has 1 heterocycles. The SMILES string of the molecule is O=C1NC(=O)N(c2ccc(F)cc2)C(=O)/C1=C/c1ccc(-c2ccccc2)cc1. The van der Waals surface area contributed by atoms with Crippen molar-refractivity contribution in [2.24, 2.45) is 0 Å².